The first-order chi connectivity index (χ1) is 18.6. The minimum Gasteiger partial charge on any atom is -0.480 e. The first-order valence-electron chi connectivity index (χ1n) is 13.3. The summed E-state index contributed by atoms with van der Waals surface area (Å²) in [6.45, 7) is 4.49. The van der Waals surface area contributed by atoms with Crippen LogP contribution in [0.4, 0.5) is 30.7 Å². The van der Waals surface area contributed by atoms with Gasteiger partial charge >= 0.3 is 18.3 Å². The quantitative estimate of drug-likeness (QED) is 0.344. The molecule has 4 rings (SSSR count). The average molecular weight is 576 g/mol. The molecule has 0 radical (unpaired) electrons. The maximum Gasteiger partial charge on any atom is 0.416 e. The number of carboxylic acid groups (broad SMARTS) is 1. The van der Waals surface area contributed by atoms with E-state index in [2.05, 4.69) is 6.92 Å². The predicted molar refractivity (Wildman–Crippen MR) is 133 cm³/mol. The van der Waals surface area contributed by atoms with Crippen molar-refractivity contribution in [3.63, 3.8) is 0 Å². The molecule has 11 heteroatoms. The number of ether oxygens (including phenoxy) is 1. The van der Waals surface area contributed by atoms with Crippen molar-refractivity contribution in [2.45, 2.75) is 76.1 Å². The lowest BCUT2D eigenvalue weighted by Crippen LogP contribution is -2.49. The second-order valence-electron chi connectivity index (χ2n) is 11.1. The fourth-order valence-corrected chi connectivity index (χ4v) is 6.15. The van der Waals surface area contributed by atoms with Gasteiger partial charge in [-0.2, -0.15) is 26.3 Å². The van der Waals surface area contributed by atoms with Gasteiger partial charge in [-0.1, -0.05) is 19.1 Å². The minimum atomic E-state index is -4.98. The third-order valence-corrected chi connectivity index (χ3v) is 8.12. The maximum atomic E-state index is 13.7. The Morgan fingerprint density at radius 1 is 0.975 bits per heavy atom. The number of hydrogen-bond donors (Lipinski definition) is 1. The fourth-order valence-electron chi connectivity index (χ4n) is 6.15. The lowest BCUT2D eigenvalue weighted by atomic mass is 9.85. The van der Waals surface area contributed by atoms with Gasteiger partial charge in [0, 0.05) is 19.0 Å². The van der Waals surface area contributed by atoms with Gasteiger partial charge in [-0.25, -0.2) is 4.39 Å². The number of alkyl halides is 6. The molecule has 1 N–H and O–H groups in total. The van der Waals surface area contributed by atoms with Crippen molar-refractivity contribution in [2.75, 3.05) is 13.1 Å². The fraction of sp³-hybridized carbons (Fsp3) is 0.552. The molecule has 6 atom stereocenters. The molecule has 2 aliphatic rings. The molecule has 1 aliphatic heterocycles. The van der Waals surface area contributed by atoms with Gasteiger partial charge < -0.3 is 9.84 Å². The van der Waals surface area contributed by atoms with Gasteiger partial charge in [0.2, 0.25) is 0 Å². The van der Waals surface area contributed by atoms with E-state index in [1.807, 2.05) is 4.90 Å². The van der Waals surface area contributed by atoms with Crippen LogP contribution in [0.3, 0.4) is 0 Å². The number of carbonyl (C=O) groups is 1. The lowest BCUT2D eigenvalue weighted by molar-refractivity contribution is -0.146. The molecule has 1 aliphatic carbocycles. The largest absolute Gasteiger partial charge is 0.480 e. The molecule has 0 unspecified atom stereocenters. The predicted octanol–water partition coefficient (Wildman–Crippen LogP) is 7.69. The standard InChI is InChI=1S/C29H32F7NO3/c1-16-3-9-24(27(38)39)37(14-16)15-19-6-10-25(26(19)18-4-7-23(30)8-5-18)40-17(2)20-11-21(28(31,32)33)13-22(12-20)29(34,35)36/h4-5,7-8,11-13,16-17,19,24-26H,3,6,9-10,14-15H2,1-2H3,(H,38,39)/t16-,17-,19+,24-,25+,26+/m1/s1. The molecule has 220 valence electrons. The molecule has 0 amide bonds. The van der Waals surface area contributed by atoms with Crippen LogP contribution in [-0.2, 0) is 21.9 Å². The van der Waals surface area contributed by atoms with Gasteiger partial charge in [-0.3, -0.25) is 9.69 Å². The Bertz CT molecular complexity index is 1150. The Morgan fingerprint density at radius 2 is 1.57 bits per heavy atom. The first kappa shape index (κ1) is 30.3. The monoisotopic (exact) mass is 575 g/mol. The normalized spacial score (nSPS) is 27.1. The van der Waals surface area contributed by atoms with E-state index in [4.69, 9.17) is 4.74 Å². The molecular formula is C29H32F7NO3. The Kier molecular flexibility index (Phi) is 8.85. The number of benzene rings is 2. The SMILES string of the molecule is C[C@@H]1CC[C@H](C(=O)O)N(C[C@@H]2CC[C@H](O[C@H](C)c3cc(C(F)(F)F)cc(C(F)(F)F)c3)[C@H]2c2ccc(F)cc2)C1. The van der Waals surface area contributed by atoms with Crippen LogP contribution in [0.5, 0.6) is 0 Å². The van der Waals surface area contributed by atoms with Crippen LogP contribution in [0.15, 0.2) is 42.5 Å². The summed E-state index contributed by atoms with van der Waals surface area (Å²) in [5.41, 5.74) is -2.35. The van der Waals surface area contributed by atoms with Crippen LogP contribution in [0.2, 0.25) is 0 Å². The summed E-state index contributed by atoms with van der Waals surface area (Å²) in [6, 6.07) is 6.56. The number of carboxylic acids is 1. The number of hydrogen-bond acceptors (Lipinski definition) is 3. The second kappa shape index (κ2) is 11.7. The number of rotatable bonds is 7. The summed E-state index contributed by atoms with van der Waals surface area (Å²) in [6.07, 6.45) is -9.26. The lowest BCUT2D eigenvalue weighted by Gasteiger charge is -2.39. The van der Waals surface area contributed by atoms with Crippen LogP contribution in [0.25, 0.3) is 0 Å². The zero-order valence-corrected chi connectivity index (χ0v) is 22.1. The summed E-state index contributed by atoms with van der Waals surface area (Å²) >= 11 is 0. The van der Waals surface area contributed by atoms with Gasteiger partial charge in [0.15, 0.2) is 0 Å². The molecule has 2 aromatic carbocycles. The summed E-state index contributed by atoms with van der Waals surface area (Å²) in [7, 11) is 0. The van der Waals surface area contributed by atoms with Crippen molar-refractivity contribution in [3.05, 3.63) is 70.5 Å². The number of aliphatic carboxylic acids is 1. The van der Waals surface area contributed by atoms with Crippen molar-refractivity contribution in [1.29, 1.82) is 0 Å². The summed E-state index contributed by atoms with van der Waals surface area (Å²) in [5, 5.41) is 9.77. The zero-order valence-electron chi connectivity index (χ0n) is 22.1. The third-order valence-electron chi connectivity index (χ3n) is 8.12. The molecular weight excluding hydrogens is 543 g/mol. The van der Waals surface area contributed by atoms with Crippen LogP contribution >= 0.6 is 0 Å². The summed E-state index contributed by atoms with van der Waals surface area (Å²) < 4.78 is 100. The van der Waals surface area contributed by atoms with E-state index in [0.29, 0.717) is 50.4 Å². The number of halogens is 7. The van der Waals surface area contributed by atoms with Gasteiger partial charge in [0.1, 0.15) is 11.9 Å². The Hall–Kier alpha value is -2.66. The topological polar surface area (TPSA) is 49.8 Å². The van der Waals surface area contributed by atoms with Gasteiger partial charge in [-0.15, -0.1) is 0 Å². The third kappa shape index (κ3) is 6.97. The van der Waals surface area contributed by atoms with Crippen molar-refractivity contribution >= 4 is 5.97 Å². The van der Waals surface area contributed by atoms with E-state index in [9.17, 15) is 40.6 Å². The Labute approximate surface area is 228 Å². The smallest absolute Gasteiger partial charge is 0.416 e. The maximum absolute atomic E-state index is 13.7. The van der Waals surface area contributed by atoms with E-state index in [1.165, 1.54) is 19.1 Å². The molecule has 0 aromatic heterocycles. The molecule has 0 bridgehead atoms. The summed E-state index contributed by atoms with van der Waals surface area (Å²) in [4.78, 5) is 13.9. The highest BCUT2D eigenvalue weighted by atomic mass is 19.4. The van der Waals surface area contributed by atoms with E-state index in [1.54, 1.807) is 12.1 Å². The molecule has 1 saturated carbocycles. The van der Waals surface area contributed by atoms with Crippen LogP contribution < -0.4 is 0 Å². The Morgan fingerprint density at radius 3 is 2.12 bits per heavy atom. The van der Waals surface area contributed by atoms with Crippen LogP contribution in [0.1, 0.15) is 73.8 Å². The van der Waals surface area contributed by atoms with Gasteiger partial charge in [-0.05, 0) is 85.9 Å². The Balaban J connectivity index is 1.62. The van der Waals surface area contributed by atoms with Crippen molar-refractivity contribution < 1.29 is 45.4 Å². The van der Waals surface area contributed by atoms with Crippen LogP contribution in [0, 0.1) is 17.7 Å². The molecule has 4 nitrogen and oxygen atoms in total. The zero-order chi connectivity index (χ0) is 29.4. The van der Waals surface area contributed by atoms with E-state index < -0.39 is 53.5 Å². The number of nitrogens with zero attached hydrogens (tertiary/aromatic N) is 1. The highest BCUT2D eigenvalue weighted by molar-refractivity contribution is 5.73. The average Bonchev–Trinajstić information content (AvgIpc) is 3.24. The van der Waals surface area contributed by atoms with Gasteiger partial charge in [0.05, 0.1) is 23.3 Å². The summed E-state index contributed by atoms with van der Waals surface area (Å²) in [5.74, 6) is -1.53. The molecule has 40 heavy (non-hydrogen) atoms. The van der Waals surface area contributed by atoms with E-state index >= 15 is 0 Å². The molecule has 0 spiro atoms. The van der Waals surface area contributed by atoms with E-state index in [0.717, 1.165) is 12.0 Å². The van der Waals surface area contributed by atoms with Crippen LogP contribution in [-0.4, -0.2) is 41.2 Å². The van der Waals surface area contributed by atoms with Gasteiger partial charge in [0.25, 0.3) is 0 Å². The van der Waals surface area contributed by atoms with E-state index in [-0.39, 0.29) is 23.5 Å². The number of likely N-dealkylation sites (tertiary alicyclic amines) is 1. The minimum absolute atomic E-state index is 0.0849. The molecule has 2 fully saturated rings. The molecule has 1 saturated heterocycles. The molecule has 2 aromatic rings. The van der Waals surface area contributed by atoms with Crippen molar-refractivity contribution in [3.8, 4) is 0 Å². The van der Waals surface area contributed by atoms with Crippen molar-refractivity contribution in [2.24, 2.45) is 11.8 Å². The first-order valence-corrected chi connectivity index (χ1v) is 13.3. The second-order valence-corrected chi connectivity index (χ2v) is 11.1. The van der Waals surface area contributed by atoms with Crippen molar-refractivity contribution in [1.82, 2.24) is 4.90 Å². The highest BCUT2D eigenvalue weighted by Gasteiger charge is 2.43. The molecule has 1 heterocycles. The highest BCUT2D eigenvalue weighted by Crippen LogP contribution is 2.45. The number of piperidine rings is 1.